The fraction of sp³-hybridized carbons (Fsp3) is 0.440. The highest BCUT2D eigenvalue weighted by molar-refractivity contribution is 5.97. The summed E-state index contributed by atoms with van der Waals surface area (Å²) < 4.78 is 5.69. The standard InChI is InChI=1S/C25H33N3O3/c1-3-10-22(27-24(29)18-31-23-14-6-5-11-19(23)4-2)25(30)26-20-12-9-13-21(17-20)28-15-7-8-16-28/h5-6,9,11-14,17,22H,3-4,7-8,10,15-16,18H2,1-2H3,(H,26,30)(H,27,29). The van der Waals surface area contributed by atoms with Crippen molar-refractivity contribution in [1.29, 1.82) is 0 Å². The fourth-order valence-electron chi connectivity index (χ4n) is 3.86. The lowest BCUT2D eigenvalue weighted by molar-refractivity contribution is -0.128. The maximum Gasteiger partial charge on any atom is 0.258 e. The highest BCUT2D eigenvalue weighted by Crippen LogP contribution is 2.23. The Labute approximate surface area is 185 Å². The van der Waals surface area contributed by atoms with Crippen molar-refractivity contribution in [3.8, 4) is 5.75 Å². The number of carbonyl (C=O) groups is 2. The van der Waals surface area contributed by atoms with E-state index in [-0.39, 0.29) is 18.4 Å². The van der Waals surface area contributed by atoms with Gasteiger partial charge in [-0.2, -0.15) is 0 Å². The van der Waals surface area contributed by atoms with Gasteiger partial charge in [0, 0.05) is 24.5 Å². The first-order chi connectivity index (χ1) is 15.1. The minimum atomic E-state index is -0.599. The Morgan fingerprint density at radius 3 is 2.58 bits per heavy atom. The predicted octanol–water partition coefficient (Wildman–Crippen LogP) is 4.15. The molecule has 1 fully saturated rings. The van der Waals surface area contributed by atoms with E-state index >= 15 is 0 Å². The molecule has 1 aliphatic rings. The van der Waals surface area contributed by atoms with Crippen LogP contribution in [-0.2, 0) is 16.0 Å². The van der Waals surface area contributed by atoms with E-state index in [2.05, 4.69) is 21.6 Å². The van der Waals surface area contributed by atoms with E-state index in [4.69, 9.17) is 4.74 Å². The SMILES string of the molecule is CCCC(NC(=O)COc1ccccc1CC)C(=O)Nc1cccc(N2CCCC2)c1. The van der Waals surface area contributed by atoms with Gasteiger partial charge in [-0.05, 0) is 55.5 Å². The summed E-state index contributed by atoms with van der Waals surface area (Å²) in [7, 11) is 0. The molecular formula is C25H33N3O3. The first-order valence-electron chi connectivity index (χ1n) is 11.3. The van der Waals surface area contributed by atoms with E-state index in [9.17, 15) is 9.59 Å². The molecule has 3 rings (SSSR count). The minimum Gasteiger partial charge on any atom is -0.483 e. The van der Waals surface area contributed by atoms with Crippen molar-refractivity contribution in [2.75, 3.05) is 29.9 Å². The lowest BCUT2D eigenvalue weighted by atomic mass is 10.1. The molecule has 6 heteroatoms. The summed E-state index contributed by atoms with van der Waals surface area (Å²) in [5, 5.41) is 5.80. The number of ether oxygens (including phenoxy) is 1. The fourth-order valence-corrected chi connectivity index (χ4v) is 3.86. The van der Waals surface area contributed by atoms with Gasteiger partial charge in [0.25, 0.3) is 5.91 Å². The molecule has 0 spiro atoms. The second-order valence-corrected chi connectivity index (χ2v) is 7.89. The number of hydrogen-bond acceptors (Lipinski definition) is 4. The van der Waals surface area contributed by atoms with Gasteiger partial charge in [-0.3, -0.25) is 9.59 Å². The van der Waals surface area contributed by atoms with Crippen molar-refractivity contribution in [3.05, 3.63) is 54.1 Å². The maximum absolute atomic E-state index is 12.9. The third-order valence-electron chi connectivity index (χ3n) is 5.53. The number of amides is 2. The van der Waals surface area contributed by atoms with Gasteiger partial charge in [0.2, 0.25) is 5.91 Å². The van der Waals surface area contributed by atoms with Crippen LogP contribution in [0.15, 0.2) is 48.5 Å². The van der Waals surface area contributed by atoms with Crippen LogP contribution < -0.4 is 20.3 Å². The highest BCUT2D eigenvalue weighted by Gasteiger charge is 2.21. The molecule has 166 valence electrons. The highest BCUT2D eigenvalue weighted by atomic mass is 16.5. The van der Waals surface area contributed by atoms with E-state index in [1.54, 1.807) is 0 Å². The number of nitrogens with zero attached hydrogens (tertiary/aromatic N) is 1. The lowest BCUT2D eigenvalue weighted by Crippen LogP contribution is -2.45. The molecule has 31 heavy (non-hydrogen) atoms. The molecule has 0 aliphatic carbocycles. The molecule has 1 unspecified atom stereocenters. The smallest absolute Gasteiger partial charge is 0.258 e. The Morgan fingerprint density at radius 1 is 1.06 bits per heavy atom. The number of nitrogens with one attached hydrogen (secondary N) is 2. The van der Waals surface area contributed by atoms with Crippen molar-refractivity contribution >= 4 is 23.2 Å². The van der Waals surface area contributed by atoms with Gasteiger partial charge in [0.15, 0.2) is 6.61 Å². The number of anilines is 2. The quantitative estimate of drug-likeness (QED) is 0.602. The molecule has 2 aromatic carbocycles. The number of rotatable bonds is 10. The molecule has 6 nitrogen and oxygen atoms in total. The van der Waals surface area contributed by atoms with Crippen molar-refractivity contribution < 1.29 is 14.3 Å². The van der Waals surface area contributed by atoms with Crippen molar-refractivity contribution in [2.45, 2.75) is 52.0 Å². The largest absolute Gasteiger partial charge is 0.483 e. The first-order valence-corrected chi connectivity index (χ1v) is 11.3. The van der Waals surface area contributed by atoms with Crippen LogP contribution in [0.4, 0.5) is 11.4 Å². The Hall–Kier alpha value is -3.02. The summed E-state index contributed by atoms with van der Waals surface area (Å²) in [4.78, 5) is 27.7. The second kappa shape index (κ2) is 11.4. The monoisotopic (exact) mass is 423 g/mol. The topological polar surface area (TPSA) is 70.7 Å². The van der Waals surface area contributed by atoms with Crippen LogP contribution in [0.2, 0.25) is 0 Å². The average molecular weight is 424 g/mol. The molecule has 0 bridgehead atoms. The molecule has 0 radical (unpaired) electrons. The van der Waals surface area contributed by atoms with Gasteiger partial charge in [-0.25, -0.2) is 0 Å². The summed E-state index contributed by atoms with van der Waals surface area (Å²) in [5.41, 5.74) is 2.92. The van der Waals surface area contributed by atoms with Crippen LogP contribution >= 0.6 is 0 Å². The van der Waals surface area contributed by atoms with Crippen LogP contribution in [0.25, 0.3) is 0 Å². The van der Waals surface area contributed by atoms with Gasteiger partial charge in [-0.15, -0.1) is 0 Å². The third kappa shape index (κ3) is 6.48. The summed E-state index contributed by atoms with van der Waals surface area (Å²) in [6.07, 6.45) is 4.58. The summed E-state index contributed by atoms with van der Waals surface area (Å²) >= 11 is 0. The Balaban J connectivity index is 1.57. The second-order valence-electron chi connectivity index (χ2n) is 7.89. The normalized spacial score (nSPS) is 14.2. The van der Waals surface area contributed by atoms with Crippen LogP contribution in [0.5, 0.6) is 5.75 Å². The first kappa shape index (κ1) is 22.7. The van der Waals surface area contributed by atoms with Crippen LogP contribution in [-0.4, -0.2) is 37.6 Å². The number of benzene rings is 2. The van der Waals surface area contributed by atoms with Crippen molar-refractivity contribution in [3.63, 3.8) is 0 Å². The molecule has 2 N–H and O–H groups in total. The zero-order valence-electron chi connectivity index (χ0n) is 18.5. The lowest BCUT2D eigenvalue weighted by Gasteiger charge is -2.20. The molecule has 2 aromatic rings. The third-order valence-corrected chi connectivity index (χ3v) is 5.53. The number of hydrogen-bond donors (Lipinski definition) is 2. The molecule has 1 heterocycles. The molecule has 1 aliphatic heterocycles. The predicted molar refractivity (Wildman–Crippen MR) is 125 cm³/mol. The van der Waals surface area contributed by atoms with Gasteiger partial charge in [-0.1, -0.05) is 44.5 Å². The summed E-state index contributed by atoms with van der Waals surface area (Å²) in [6.45, 7) is 6.02. The van der Waals surface area contributed by atoms with Gasteiger partial charge in [0.1, 0.15) is 11.8 Å². The average Bonchev–Trinajstić information content (AvgIpc) is 3.33. The van der Waals surface area contributed by atoms with E-state index in [1.807, 2.05) is 56.3 Å². The molecule has 1 atom stereocenters. The summed E-state index contributed by atoms with van der Waals surface area (Å²) in [5.74, 6) is 0.198. The van der Waals surface area contributed by atoms with Crippen LogP contribution in [0.3, 0.4) is 0 Å². The molecule has 2 amide bonds. The number of aryl methyl sites for hydroxylation is 1. The Kier molecular flexibility index (Phi) is 8.33. The summed E-state index contributed by atoms with van der Waals surface area (Å²) in [6, 6.07) is 15.0. The van der Waals surface area contributed by atoms with E-state index in [0.717, 1.165) is 42.9 Å². The van der Waals surface area contributed by atoms with Crippen molar-refractivity contribution in [1.82, 2.24) is 5.32 Å². The maximum atomic E-state index is 12.9. The van der Waals surface area contributed by atoms with Crippen molar-refractivity contribution in [2.24, 2.45) is 0 Å². The zero-order chi connectivity index (χ0) is 22.1. The van der Waals surface area contributed by atoms with Crippen LogP contribution in [0.1, 0.15) is 45.1 Å². The zero-order valence-corrected chi connectivity index (χ0v) is 18.5. The van der Waals surface area contributed by atoms with Gasteiger partial charge in [0.05, 0.1) is 0 Å². The number of carbonyl (C=O) groups excluding carboxylic acids is 2. The molecule has 0 saturated carbocycles. The minimum absolute atomic E-state index is 0.116. The number of para-hydroxylation sites is 1. The Morgan fingerprint density at radius 2 is 1.84 bits per heavy atom. The molecular weight excluding hydrogens is 390 g/mol. The van der Waals surface area contributed by atoms with Gasteiger partial charge < -0.3 is 20.3 Å². The molecule has 0 aromatic heterocycles. The van der Waals surface area contributed by atoms with E-state index < -0.39 is 6.04 Å². The van der Waals surface area contributed by atoms with E-state index in [1.165, 1.54) is 12.8 Å². The Bertz CT molecular complexity index is 878. The van der Waals surface area contributed by atoms with Gasteiger partial charge >= 0.3 is 0 Å². The van der Waals surface area contributed by atoms with E-state index in [0.29, 0.717) is 12.2 Å². The van der Waals surface area contributed by atoms with Crippen LogP contribution in [0, 0.1) is 0 Å². The molecule has 1 saturated heterocycles.